The van der Waals surface area contributed by atoms with Gasteiger partial charge in [-0.2, -0.15) is 5.10 Å². The molecule has 0 spiro atoms. The van der Waals surface area contributed by atoms with Crippen LogP contribution in [0.15, 0.2) is 58.2 Å². The van der Waals surface area contributed by atoms with Crippen molar-refractivity contribution in [1.82, 2.24) is 9.99 Å². The Hall–Kier alpha value is -2.50. The van der Waals surface area contributed by atoms with E-state index in [1.165, 1.54) is 6.21 Å². The Morgan fingerprint density at radius 2 is 2.12 bits per heavy atom. The van der Waals surface area contributed by atoms with E-state index in [4.69, 9.17) is 27.6 Å². The second-order valence-electron chi connectivity index (χ2n) is 5.41. The van der Waals surface area contributed by atoms with Crippen molar-refractivity contribution in [3.63, 3.8) is 0 Å². The normalized spacial score (nSPS) is 11.2. The molecule has 5 nitrogen and oxygen atoms in total. The number of carbonyl (C=O) groups excluding carboxylic acids is 1. The summed E-state index contributed by atoms with van der Waals surface area (Å²) in [5, 5.41) is 4.97. The van der Waals surface area contributed by atoms with Gasteiger partial charge in [-0.1, -0.05) is 23.2 Å². The van der Waals surface area contributed by atoms with E-state index >= 15 is 0 Å². The Balaban J connectivity index is 1.62. The molecule has 2 heterocycles. The molecule has 0 aliphatic heterocycles. The van der Waals surface area contributed by atoms with E-state index in [0.29, 0.717) is 21.6 Å². The van der Waals surface area contributed by atoms with Crippen LogP contribution in [0, 0.1) is 0 Å². The van der Waals surface area contributed by atoms with Crippen molar-refractivity contribution >= 4 is 35.3 Å². The van der Waals surface area contributed by atoms with E-state index in [1.54, 1.807) is 30.3 Å². The van der Waals surface area contributed by atoms with Crippen molar-refractivity contribution in [2.75, 3.05) is 0 Å². The van der Waals surface area contributed by atoms with Crippen molar-refractivity contribution in [1.29, 1.82) is 0 Å². The van der Waals surface area contributed by atoms with E-state index in [9.17, 15) is 4.79 Å². The minimum atomic E-state index is -0.203. The fourth-order valence-corrected chi connectivity index (χ4v) is 2.81. The summed E-state index contributed by atoms with van der Waals surface area (Å²) in [6.07, 6.45) is 3.58. The molecule has 0 aliphatic rings. The lowest BCUT2D eigenvalue weighted by atomic mass is 10.2. The number of nitrogens with zero attached hydrogens (tertiary/aromatic N) is 2. The minimum absolute atomic E-state index is 0.203. The molecule has 7 heteroatoms. The van der Waals surface area contributed by atoms with Gasteiger partial charge in [0.05, 0.1) is 17.7 Å². The standard InChI is InChI=1S/C18H15Cl2N3O2/c1-23-8-2-3-13(23)10-18(24)22-21-11-14-5-7-17(25-14)15-6-4-12(19)9-16(15)20/h2-9,11H,10H2,1H3,(H,22,24)/b21-11-. The van der Waals surface area contributed by atoms with E-state index in [-0.39, 0.29) is 12.3 Å². The first-order valence-electron chi connectivity index (χ1n) is 7.50. The molecule has 0 aliphatic carbocycles. The monoisotopic (exact) mass is 375 g/mol. The topological polar surface area (TPSA) is 59.5 Å². The smallest absolute Gasteiger partial charge is 0.245 e. The summed E-state index contributed by atoms with van der Waals surface area (Å²) in [4.78, 5) is 11.9. The quantitative estimate of drug-likeness (QED) is 0.534. The molecule has 1 N–H and O–H groups in total. The number of nitrogens with one attached hydrogen (secondary N) is 1. The number of hydrazone groups is 1. The predicted molar refractivity (Wildman–Crippen MR) is 99.0 cm³/mol. The molecule has 1 aromatic carbocycles. The third-order valence-electron chi connectivity index (χ3n) is 3.60. The van der Waals surface area contributed by atoms with Gasteiger partial charge in [0.15, 0.2) is 0 Å². The summed E-state index contributed by atoms with van der Waals surface area (Å²) < 4.78 is 7.55. The van der Waals surface area contributed by atoms with E-state index in [2.05, 4.69) is 10.5 Å². The number of hydrogen-bond donors (Lipinski definition) is 1. The minimum Gasteiger partial charge on any atom is -0.455 e. The van der Waals surface area contributed by atoms with Gasteiger partial charge >= 0.3 is 0 Å². The summed E-state index contributed by atoms with van der Waals surface area (Å²) >= 11 is 12.1. The molecule has 3 aromatic rings. The maximum atomic E-state index is 11.9. The zero-order valence-electron chi connectivity index (χ0n) is 13.4. The second-order valence-corrected chi connectivity index (χ2v) is 6.25. The van der Waals surface area contributed by atoms with Crippen LogP contribution in [0.1, 0.15) is 11.5 Å². The lowest BCUT2D eigenvalue weighted by Crippen LogP contribution is -2.20. The fourth-order valence-electron chi connectivity index (χ4n) is 2.31. The maximum absolute atomic E-state index is 11.9. The van der Waals surface area contributed by atoms with Gasteiger partial charge in [0, 0.05) is 29.5 Å². The van der Waals surface area contributed by atoms with Crippen LogP contribution in [0.2, 0.25) is 10.0 Å². The largest absolute Gasteiger partial charge is 0.455 e. The van der Waals surface area contributed by atoms with Gasteiger partial charge in [-0.15, -0.1) is 0 Å². The first-order chi connectivity index (χ1) is 12.0. The number of aromatic nitrogens is 1. The summed E-state index contributed by atoms with van der Waals surface area (Å²) in [7, 11) is 1.89. The van der Waals surface area contributed by atoms with E-state index in [0.717, 1.165) is 11.3 Å². The van der Waals surface area contributed by atoms with Crippen molar-refractivity contribution in [2.24, 2.45) is 12.1 Å². The zero-order chi connectivity index (χ0) is 17.8. The number of furan rings is 1. The molecule has 3 rings (SSSR count). The highest BCUT2D eigenvalue weighted by Gasteiger charge is 2.09. The van der Waals surface area contributed by atoms with Gasteiger partial charge in [0.25, 0.3) is 0 Å². The molecule has 2 aromatic heterocycles. The Kier molecular flexibility index (Phi) is 5.26. The molecule has 0 radical (unpaired) electrons. The lowest BCUT2D eigenvalue weighted by molar-refractivity contribution is -0.120. The van der Waals surface area contributed by atoms with Crippen LogP contribution in [0.3, 0.4) is 0 Å². The summed E-state index contributed by atoms with van der Waals surface area (Å²) in [5.41, 5.74) is 4.12. The molecule has 0 atom stereocenters. The van der Waals surface area contributed by atoms with E-state index in [1.807, 2.05) is 29.9 Å². The first-order valence-corrected chi connectivity index (χ1v) is 8.26. The third kappa shape index (κ3) is 4.32. The Labute approximate surface area is 154 Å². The van der Waals surface area contributed by atoms with Crippen molar-refractivity contribution < 1.29 is 9.21 Å². The number of carbonyl (C=O) groups is 1. The molecule has 0 unspecified atom stereocenters. The highest BCUT2D eigenvalue weighted by atomic mass is 35.5. The molecule has 0 saturated carbocycles. The van der Waals surface area contributed by atoms with Crippen LogP contribution >= 0.6 is 23.2 Å². The molecule has 128 valence electrons. The molecule has 0 bridgehead atoms. The second kappa shape index (κ2) is 7.59. The number of halogens is 2. The number of rotatable bonds is 5. The van der Waals surface area contributed by atoms with Gasteiger partial charge in [0.2, 0.25) is 5.91 Å². The molecule has 1 amide bonds. The molecule has 0 saturated heterocycles. The Bertz CT molecular complexity index is 928. The SMILES string of the molecule is Cn1cccc1CC(=O)N/N=C\c1ccc(-c2ccc(Cl)cc2Cl)o1. The van der Waals surface area contributed by atoms with Gasteiger partial charge in [0.1, 0.15) is 11.5 Å². The zero-order valence-corrected chi connectivity index (χ0v) is 14.9. The van der Waals surface area contributed by atoms with Crippen molar-refractivity contribution in [3.8, 4) is 11.3 Å². The first kappa shape index (κ1) is 17.3. The lowest BCUT2D eigenvalue weighted by Gasteiger charge is -2.02. The average molecular weight is 376 g/mol. The van der Waals surface area contributed by atoms with Gasteiger partial charge < -0.3 is 8.98 Å². The van der Waals surface area contributed by atoms with Crippen LogP contribution < -0.4 is 5.43 Å². The number of amides is 1. The van der Waals surface area contributed by atoms with Crippen molar-refractivity contribution in [2.45, 2.75) is 6.42 Å². The summed E-state index contributed by atoms with van der Waals surface area (Å²) in [6.45, 7) is 0. The molecule has 0 fully saturated rings. The van der Waals surface area contributed by atoms with Gasteiger partial charge in [-0.05, 0) is 42.5 Å². The van der Waals surface area contributed by atoms with Crippen LogP contribution in [-0.2, 0) is 18.3 Å². The Morgan fingerprint density at radius 1 is 1.28 bits per heavy atom. The van der Waals surface area contributed by atoms with Crippen LogP contribution in [0.4, 0.5) is 0 Å². The van der Waals surface area contributed by atoms with Gasteiger partial charge in [-0.25, -0.2) is 5.43 Å². The van der Waals surface area contributed by atoms with Crippen molar-refractivity contribution in [3.05, 3.63) is 70.2 Å². The summed E-state index contributed by atoms with van der Waals surface area (Å²) in [6, 6.07) is 12.5. The Morgan fingerprint density at radius 3 is 2.84 bits per heavy atom. The van der Waals surface area contributed by atoms with Crippen LogP contribution in [-0.4, -0.2) is 16.7 Å². The third-order valence-corrected chi connectivity index (χ3v) is 4.15. The fraction of sp³-hybridized carbons (Fsp3) is 0.111. The number of aryl methyl sites for hydroxylation is 1. The highest BCUT2D eigenvalue weighted by Crippen LogP contribution is 2.31. The number of benzene rings is 1. The number of hydrogen-bond acceptors (Lipinski definition) is 3. The van der Waals surface area contributed by atoms with Crippen LogP contribution in [0.5, 0.6) is 0 Å². The van der Waals surface area contributed by atoms with E-state index < -0.39 is 0 Å². The summed E-state index contributed by atoms with van der Waals surface area (Å²) in [5.74, 6) is 0.893. The van der Waals surface area contributed by atoms with Gasteiger partial charge in [-0.3, -0.25) is 4.79 Å². The average Bonchev–Trinajstić information content (AvgIpc) is 3.17. The maximum Gasteiger partial charge on any atom is 0.245 e. The molecular formula is C18H15Cl2N3O2. The predicted octanol–water partition coefficient (Wildman–Crippen LogP) is 4.28. The molecular weight excluding hydrogens is 361 g/mol. The molecule has 25 heavy (non-hydrogen) atoms. The van der Waals surface area contributed by atoms with Crippen LogP contribution in [0.25, 0.3) is 11.3 Å². The highest BCUT2D eigenvalue weighted by molar-refractivity contribution is 6.36.